The number of carbonyl (C=O) groups is 2. The zero-order valence-corrected chi connectivity index (χ0v) is 25.6. The third-order valence-corrected chi connectivity index (χ3v) is 8.06. The first kappa shape index (κ1) is 34.6. The number of rotatable bonds is 24. The molecular formula is C33H61NO4. The van der Waals surface area contributed by atoms with Crippen molar-refractivity contribution in [3.05, 3.63) is 0 Å². The average molecular weight is 536 g/mol. The van der Waals surface area contributed by atoms with E-state index in [0.29, 0.717) is 19.6 Å². The standard InChI is InChI=1S/C33H61NO4/c1-5-7-9-11-13-15-17-19-21-23-25-37-32(35)30-27-31(29(4)34-28(30)3)33(36)38-26-24-22-20-18-16-14-12-10-8-6-2/h28,30-31H,5-27H2,1-4H3. The predicted molar refractivity (Wildman–Crippen MR) is 160 cm³/mol. The molecule has 5 heteroatoms. The van der Waals surface area contributed by atoms with E-state index >= 15 is 0 Å². The molecule has 0 fully saturated rings. The molecule has 1 aliphatic heterocycles. The minimum absolute atomic E-state index is 0.152. The van der Waals surface area contributed by atoms with Gasteiger partial charge in [-0.25, -0.2) is 0 Å². The summed E-state index contributed by atoms with van der Waals surface area (Å²) in [5.74, 6) is -1.24. The quantitative estimate of drug-likeness (QED) is 0.0912. The Morgan fingerprint density at radius 1 is 0.632 bits per heavy atom. The van der Waals surface area contributed by atoms with Gasteiger partial charge in [0.1, 0.15) is 0 Å². The van der Waals surface area contributed by atoms with Crippen molar-refractivity contribution < 1.29 is 19.1 Å². The highest BCUT2D eigenvalue weighted by atomic mass is 16.5. The molecule has 0 aromatic carbocycles. The predicted octanol–water partition coefficient (Wildman–Crippen LogP) is 9.40. The van der Waals surface area contributed by atoms with Crippen molar-refractivity contribution in [2.45, 2.75) is 169 Å². The molecule has 0 radical (unpaired) electrons. The van der Waals surface area contributed by atoms with E-state index in [1.807, 2.05) is 13.8 Å². The molecule has 0 saturated carbocycles. The van der Waals surface area contributed by atoms with E-state index in [0.717, 1.165) is 31.4 Å². The summed E-state index contributed by atoms with van der Waals surface area (Å²) >= 11 is 0. The molecule has 0 saturated heterocycles. The summed E-state index contributed by atoms with van der Waals surface area (Å²) in [4.78, 5) is 30.1. The average Bonchev–Trinajstić information content (AvgIpc) is 2.90. The smallest absolute Gasteiger partial charge is 0.314 e. The maximum atomic E-state index is 12.8. The fourth-order valence-corrected chi connectivity index (χ4v) is 5.41. The van der Waals surface area contributed by atoms with E-state index in [2.05, 4.69) is 18.8 Å². The first-order valence-corrected chi connectivity index (χ1v) is 16.4. The van der Waals surface area contributed by atoms with Crippen LogP contribution in [0.5, 0.6) is 0 Å². The van der Waals surface area contributed by atoms with Gasteiger partial charge in [-0.05, 0) is 33.1 Å². The third kappa shape index (κ3) is 16.5. The van der Waals surface area contributed by atoms with Crippen LogP contribution in [0.4, 0.5) is 0 Å². The minimum Gasteiger partial charge on any atom is -0.465 e. The van der Waals surface area contributed by atoms with Crippen LogP contribution >= 0.6 is 0 Å². The largest absolute Gasteiger partial charge is 0.465 e. The Hall–Kier alpha value is -1.39. The zero-order valence-electron chi connectivity index (χ0n) is 25.6. The topological polar surface area (TPSA) is 65.0 Å². The van der Waals surface area contributed by atoms with Gasteiger partial charge < -0.3 is 9.47 Å². The Bertz CT molecular complexity index is 632. The van der Waals surface area contributed by atoms with Crippen LogP contribution in [0.3, 0.4) is 0 Å². The van der Waals surface area contributed by atoms with Crippen LogP contribution < -0.4 is 0 Å². The van der Waals surface area contributed by atoms with E-state index < -0.39 is 5.92 Å². The molecule has 0 bridgehead atoms. The molecular weight excluding hydrogens is 474 g/mol. The monoisotopic (exact) mass is 535 g/mol. The molecule has 0 N–H and O–H groups in total. The maximum Gasteiger partial charge on any atom is 0.314 e. The van der Waals surface area contributed by atoms with Crippen molar-refractivity contribution >= 4 is 17.7 Å². The molecule has 1 rings (SSSR count). The molecule has 38 heavy (non-hydrogen) atoms. The Morgan fingerprint density at radius 2 is 1.00 bits per heavy atom. The minimum atomic E-state index is -0.427. The number of unbranched alkanes of at least 4 members (excludes halogenated alkanes) is 18. The van der Waals surface area contributed by atoms with Gasteiger partial charge in [0.05, 0.1) is 31.1 Å². The number of hydrogen-bond acceptors (Lipinski definition) is 5. The van der Waals surface area contributed by atoms with E-state index in [9.17, 15) is 9.59 Å². The Labute approximate surface area is 235 Å². The van der Waals surface area contributed by atoms with Gasteiger partial charge in [0.15, 0.2) is 0 Å². The number of hydrogen-bond donors (Lipinski definition) is 0. The molecule has 0 aliphatic carbocycles. The lowest BCUT2D eigenvalue weighted by Gasteiger charge is -2.29. The molecule has 1 aliphatic rings. The fraction of sp³-hybridized carbons (Fsp3) is 0.909. The van der Waals surface area contributed by atoms with Gasteiger partial charge >= 0.3 is 11.9 Å². The lowest BCUT2D eigenvalue weighted by Crippen LogP contribution is -2.39. The van der Waals surface area contributed by atoms with Gasteiger partial charge in [-0.1, -0.05) is 129 Å². The molecule has 0 aromatic heterocycles. The lowest BCUT2D eigenvalue weighted by molar-refractivity contribution is -0.152. The molecule has 0 amide bonds. The van der Waals surface area contributed by atoms with Gasteiger partial charge in [0, 0.05) is 5.71 Å². The number of ether oxygens (including phenoxy) is 2. The van der Waals surface area contributed by atoms with Gasteiger partial charge in [0.2, 0.25) is 0 Å². The van der Waals surface area contributed by atoms with Crippen molar-refractivity contribution in [2.24, 2.45) is 16.8 Å². The zero-order chi connectivity index (χ0) is 27.8. The van der Waals surface area contributed by atoms with Crippen molar-refractivity contribution in [1.82, 2.24) is 0 Å². The highest BCUT2D eigenvalue weighted by Gasteiger charge is 2.38. The van der Waals surface area contributed by atoms with E-state index in [-0.39, 0.29) is 23.9 Å². The van der Waals surface area contributed by atoms with Crippen molar-refractivity contribution in [3.8, 4) is 0 Å². The fourth-order valence-electron chi connectivity index (χ4n) is 5.41. The highest BCUT2D eigenvalue weighted by molar-refractivity contribution is 6.02. The van der Waals surface area contributed by atoms with Crippen molar-refractivity contribution in [1.29, 1.82) is 0 Å². The lowest BCUT2D eigenvalue weighted by atomic mass is 9.84. The molecule has 0 spiro atoms. The normalized spacial score (nSPS) is 19.3. The summed E-state index contributed by atoms with van der Waals surface area (Å²) in [6.45, 7) is 9.26. The van der Waals surface area contributed by atoms with Gasteiger partial charge in [-0.15, -0.1) is 0 Å². The third-order valence-electron chi connectivity index (χ3n) is 8.06. The summed E-state index contributed by atoms with van der Waals surface area (Å²) in [6, 6.07) is -0.152. The van der Waals surface area contributed by atoms with E-state index in [4.69, 9.17) is 9.47 Å². The van der Waals surface area contributed by atoms with Crippen LogP contribution in [0.1, 0.15) is 163 Å². The Morgan fingerprint density at radius 3 is 1.42 bits per heavy atom. The molecule has 5 nitrogen and oxygen atoms in total. The summed E-state index contributed by atoms with van der Waals surface area (Å²) in [5.41, 5.74) is 0.782. The Balaban J connectivity index is 2.17. The summed E-state index contributed by atoms with van der Waals surface area (Å²) in [6.07, 6.45) is 25.5. The summed E-state index contributed by atoms with van der Waals surface area (Å²) in [7, 11) is 0. The van der Waals surface area contributed by atoms with Crippen LogP contribution in [-0.4, -0.2) is 36.9 Å². The first-order chi connectivity index (χ1) is 18.5. The van der Waals surface area contributed by atoms with Crippen LogP contribution in [0.15, 0.2) is 4.99 Å². The van der Waals surface area contributed by atoms with Crippen LogP contribution in [0.2, 0.25) is 0 Å². The van der Waals surface area contributed by atoms with E-state index in [1.54, 1.807) is 0 Å². The maximum absolute atomic E-state index is 12.8. The number of nitrogens with zero attached hydrogens (tertiary/aromatic N) is 1. The SMILES string of the molecule is CCCCCCCCCCCCOC(=O)C1CC(C(=O)OCCCCCCCCCCCC)C(C)N=C1C. The number of esters is 2. The van der Waals surface area contributed by atoms with Crippen molar-refractivity contribution in [3.63, 3.8) is 0 Å². The van der Waals surface area contributed by atoms with Crippen LogP contribution in [0.25, 0.3) is 0 Å². The molecule has 0 aromatic rings. The summed E-state index contributed by atoms with van der Waals surface area (Å²) in [5, 5.41) is 0. The second kappa shape index (κ2) is 23.5. The second-order valence-electron chi connectivity index (χ2n) is 11.6. The van der Waals surface area contributed by atoms with E-state index in [1.165, 1.54) is 103 Å². The first-order valence-electron chi connectivity index (χ1n) is 16.4. The van der Waals surface area contributed by atoms with Crippen LogP contribution in [-0.2, 0) is 19.1 Å². The number of aliphatic imine (C=N–C) groups is 1. The van der Waals surface area contributed by atoms with Gasteiger partial charge in [0.25, 0.3) is 0 Å². The second-order valence-corrected chi connectivity index (χ2v) is 11.6. The summed E-state index contributed by atoms with van der Waals surface area (Å²) < 4.78 is 11.2. The molecule has 3 unspecified atom stereocenters. The molecule has 1 heterocycles. The Kier molecular flexibility index (Phi) is 21.4. The number of carbonyl (C=O) groups excluding carboxylic acids is 2. The highest BCUT2D eigenvalue weighted by Crippen LogP contribution is 2.28. The van der Waals surface area contributed by atoms with Gasteiger partial charge in [-0.2, -0.15) is 0 Å². The van der Waals surface area contributed by atoms with Gasteiger partial charge in [-0.3, -0.25) is 14.6 Å². The van der Waals surface area contributed by atoms with Crippen molar-refractivity contribution in [2.75, 3.05) is 13.2 Å². The molecule has 222 valence electrons. The van der Waals surface area contributed by atoms with Crippen LogP contribution in [0, 0.1) is 11.8 Å². The molecule has 3 atom stereocenters.